The van der Waals surface area contributed by atoms with Crippen LogP contribution >= 0.6 is 0 Å². The zero-order chi connectivity index (χ0) is 9.97. The molecule has 14 heavy (non-hydrogen) atoms. The Morgan fingerprint density at radius 2 is 2.21 bits per heavy atom. The zero-order valence-corrected chi connectivity index (χ0v) is 8.45. The van der Waals surface area contributed by atoms with Crippen LogP contribution in [-0.2, 0) is 6.54 Å². The van der Waals surface area contributed by atoms with Gasteiger partial charge in [-0.2, -0.15) is 0 Å². The van der Waals surface area contributed by atoms with E-state index in [1.165, 1.54) is 12.8 Å². The summed E-state index contributed by atoms with van der Waals surface area (Å²) < 4.78 is 5.49. The van der Waals surface area contributed by atoms with E-state index in [-0.39, 0.29) is 0 Å². The molecular formula is C11H15NO2. The highest BCUT2D eigenvalue weighted by molar-refractivity contribution is 5.76. The van der Waals surface area contributed by atoms with E-state index in [2.05, 4.69) is 4.90 Å². The topological polar surface area (TPSA) is 33.5 Å². The summed E-state index contributed by atoms with van der Waals surface area (Å²) in [5, 5.41) is 0. The summed E-state index contributed by atoms with van der Waals surface area (Å²) in [5.41, 5.74) is 0.680. The number of likely N-dealkylation sites (tertiary alicyclic amines) is 1. The maximum atomic E-state index is 10.6. The Morgan fingerprint density at radius 1 is 1.50 bits per heavy atom. The Kier molecular flexibility index (Phi) is 2.68. The van der Waals surface area contributed by atoms with Crippen molar-refractivity contribution < 1.29 is 9.21 Å². The van der Waals surface area contributed by atoms with Gasteiger partial charge in [0.1, 0.15) is 11.5 Å². The van der Waals surface area contributed by atoms with Gasteiger partial charge in [0.2, 0.25) is 0 Å². The fourth-order valence-corrected chi connectivity index (χ4v) is 1.92. The summed E-state index contributed by atoms with van der Waals surface area (Å²) in [4.78, 5) is 13.0. The molecule has 1 saturated heterocycles. The monoisotopic (exact) mass is 193 g/mol. The molecule has 0 amide bonds. The number of nitrogens with zero attached hydrogens (tertiary/aromatic N) is 1. The molecule has 0 atom stereocenters. The molecule has 1 aromatic rings. The van der Waals surface area contributed by atoms with Crippen LogP contribution in [0.1, 0.15) is 34.7 Å². The van der Waals surface area contributed by atoms with Gasteiger partial charge in [-0.3, -0.25) is 9.69 Å². The minimum atomic E-state index is 0.680. The highest BCUT2D eigenvalue weighted by Crippen LogP contribution is 2.17. The molecule has 0 radical (unpaired) electrons. The quantitative estimate of drug-likeness (QED) is 0.688. The molecule has 0 bridgehead atoms. The Hall–Kier alpha value is -1.09. The Labute approximate surface area is 83.7 Å². The van der Waals surface area contributed by atoms with Crippen LogP contribution in [0.4, 0.5) is 0 Å². The zero-order valence-electron chi connectivity index (χ0n) is 8.45. The number of aryl methyl sites for hydroxylation is 1. The molecule has 0 aromatic carbocycles. The van der Waals surface area contributed by atoms with E-state index in [1.54, 1.807) is 0 Å². The van der Waals surface area contributed by atoms with Crippen molar-refractivity contribution in [3.63, 3.8) is 0 Å². The number of hydrogen-bond acceptors (Lipinski definition) is 3. The second kappa shape index (κ2) is 3.96. The van der Waals surface area contributed by atoms with Crippen LogP contribution in [0.3, 0.4) is 0 Å². The SMILES string of the molecule is Cc1oc(CN2CCCC2)cc1C=O. The second-order valence-electron chi connectivity index (χ2n) is 3.83. The Balaban J connectivity index is 2.04. The van der Waals surface area contributed by atoms with Gasteiger partial charge in [0.25, 0.3) is 0 Å². The molecule has 0 unspecified atom stereocenters. The maximum absolute atomic E-state index is 10.6. The van der Waals surface area contributed by atoms with Gasteiger partial charge >= 0.3 is 0 Å². The summed E-state index contributed by atoms with van der Waals surface area (Å²) in [5.74, 6) is 1.64. The lowest BCUT2D eigenvalue weighted by atomic mass is 10.3. The van der Waals surface area contributed by atoms with Crippen LogP contribution in [0.5, 0.6) is 0 Å². The van der Waals surface area contributed by atoms with Crippen molar-refractivity contribution in [1.29, 1.82) is 0 Å². The van der Waals surface area contributed by atoms with Crippen molar-refractivity contribution in [2.75, 3.05) is 13.1 Å². The molecule has 2 heterocycles. The summed E-state index contributed by atoms with van der Waals surface area (Å²) in [6, 6.07) is 1.85. The van der Waals surface area contributed by atoms with Crippen molar-refractivity contribution in [3.05, 3.63) is 23.2 Å². The number of rotatable bonds is 3. The van der Waals surface area contributed by atoms with E-state index in [9.17, 15) is 4.79 Å². The van der Waals surface area contributed by atoms with E-state index >= 15 is 0 Å². The minimum absolute atomic E-state index is 0.680. The first-order chi connectivity index (χ1) is 6.79. The molecule has 0 saturated carbocycles. The highest BCUT2D eigenvalue weighted by Gasteiger charge is 2.14. The minimum Gasteiger partial charge on any atom is -0.464 e. The van der Waals surface area contributed by atoms with E-state index in [4.69, 9.17) is 4.42 Å². The van der Waals surface area contributed by atoms with Gasteiger partial charge in [0.15, 0.2) is 6.29 Å². The lowest BCUT2D eigenvalue weighted by Gasteiger charge is -2.11. The molecule has 1 fully saturated rings. The number of hydrogen-bond donors (Lipinski definition) is 0. The Morgan fingerprint density at radius 3 is 2.79 bits per heavy atom. The van der Waals surface area contributed by atoms with E-state index in [0.29, 0.717) is 5.56 Å². The molecule has 3 nitrogen and oxygen atoms in total. The van der Waals surface area contributed by atoms with Crippen LogP contribution in [0.25, 0.3) is 0 Å². The number of carbonyl (C=O) groups excluding carboxylic acids is 1. The van der Waals surface area contributed by atoms with Crippen molar-refractivity contribution in [2.45, 2.75) is 26.3 Å². The lowest BCUT2D eigenvalue weighted by Crippen LogP contribution is -2.17. The summed E-state index contributed by atoms with van der Waals surface area (Å²) >= 11 is 0. The molecule has 1 aromatic heterocycles. The molecule has 1 aliphatic rings. The predicted molar refractivity (Wildman–Crippen MR) is 53.3 cm³/mol. The maximum Gasteiger partial charge on any atom is 0.153 e. The summed E-state index contributed by atoms with van der Waals surface area (Å²) in [7, 11) is 0. The first-order valence-electron chi connectivity index (χ1n) is 5.06. The second-order valence-corrected chi connectivity index (χ2v) is 3.83. The van der Waals surface area contributed by atoms with Gasteiger partial charge in [-0.05, 0) is 38.9 Å². The number of aldehydes is 1. The smallest absolute Gasteiger partial charge is 0.153 e. The molecule has 3 heteroatoms. The van der Waals surface area contributed by atoms with Crippen molar-refractivity contribution in [2.24, 2.45) is 0 Å². The number of furan rings is 1. The third-order valence-electron chi connectivity index (χ3n) is 2.71. The molecule has 2 rings (SSSR count). The van der Waals surface area contributed by atoms with Crippen LogP contribution in [-0.4, -0.2) is 24.3 Å². The molecule has 76 valence electrons. The fourth-order valence-electron chi connectivity index (χ4n) is 1.92. The largest absolute Gasteiger partial charge is 0.464 e. The standard InChI is InChI=1S/C11H15NO2/c1-9-10(8-13)6-11(14-9)7-12-4-2-3-5-12/h6,8H,2-5,7H2,1H3. The first-order valence-corrected chi connectivity index (χ1v) is 5.06. The molecule has 0 aliphatic carbocycles. The Bertz CT molecular complexity index is 324. The van der Waals surface area contributed by atoms with Crippen LogP contribution in [0.15, 0.2) is 10.5 Å². The van der Waals surface area contributed by atoms with Gasteiger partial charge in [-0.25, -0.2) is 0 Å². The van der Waals surface area contributed by atoms with Crippen LogP contribution in [0, 0.1) is 6.92 Å². The predicted octanol–water partition coefficient (Wildman–Crippen LogP) is 2.00. The van der Waals surface area contributed by atoms with Gasteiger partial charge in [-0.1, -0.05) is 0 Å². The van der Waals surface area contributed by atoms with Crippen molar-refractivity contribution in [1.82, 2.24) is 4.90 Å². The average molecular weight is 193 g/mol. The van der Waals surface area contributed by atoms with Gasteiger partial charge in [-0.15, -0.1) is 0 Å². The third-order valence-corrected chi connectivity index (χ3v) is 2.71. The lowest BCUT2D eigenvalue weighted by molar-refractivity contribution is 0.112. The van der Waals surface area contributed by atoms with Crippen molar-refractivity contribution in [3.8, 4) is 0 Å². The normalized spacial score (nSPS) is 17.5. The molecule has 0 N–H and O–H groups in total. The third kappa shape index (κ3) is 1.87. The van der Waals surface area contributed by atoms with E-state index < -0.39 is 0 Å². The molecule has 1 aliphatic heterocycles. The van der Waals surface area contributed by atoms with Gasteiger partial charge in [0.05, 0.1) is 12.1 Å². The van der Waals surface area contributed by atoms with Crippen LogP contribution < -0.4 is 0 Å². The van der Waals surface area contributed by atoms with Gasteiger partial charge < -0.3 is 4.42 Å². The summed E-state index contributed by atoms with van der Waals surface area (Å²) in [6.45, 7) is 4.97. The van der Waals surface area contributed by atoms with Crippen LogP contribution in [0.2, 0.25) is 0 Å². The molecule has 0 spiro atoms. The summed E-state index contributed by atoms with van der Waals surface area (Å²) in [6.07, 6.45) is 3.41. The fraction of sp³-hybridized carbons (Fsp3) is 0.545. The highest BCUT2D eigenvalue weighted by atomic mass is 16.3. The first kappa shape index (κ1) is 9.46. The van der Waals surface area contributed by atoms with Gasteiger partial charge in [0, 0.05) is 0 Å². The van der Waals surface area contributed by atoms with E-state index in [1.807, 2.05) is 13.0 Å². The van der Waals surface area contributed by atoms with E-state index in [0.717, 1.165) is 37.4 Å². The van der Waals surface area contributed by atoms with Crippen molar-refractivity contribution >= 4 is 6.29 Å². The molecular weight excluding hydrogens is 178 g/mol. The number of carbonyl (C=O) groups is 1. The average Bonchev–Trinajstić information content (AvgIpc) is 2.76.